The fourth-order valence-electron chi connectivity index (χ4n) is 2.56. The molecule has 1 aliphatic rings. The molecule has 0 saturated carbocycles. The predicted octanol–water partition coefficient (Wildman–Crippen LogP) is 3.22. The lowest BCUT2D eigenvalue weighted by atomic mass is 10.1. The molecule has 1 N–H and O–H groups in total. The van der Waals surface area contributed by atoms with E-state index in [1.165, 1.54) is 0 Å². The number of carboxylic acids is 1. The highest BCUT2D eigenvalue weighted by atomic mass is 16.5. The highest BCUT2D eigenvalue weighted by Gasteiger charge is 2.17. The van der Waals surface area contributed by atoms with Gasteiger partial charge in [-0.1, -0.05) is 6.07 Å². The number of nitrogens with zero attached hydrogens (tertiary/aromatic N) is 2. The Morgan fingerprint density at radius 1 is 1.24 bits per heavy atom. The van der Waals surface area contributed by atoms with Crippen LogP contribution in [-0.2, 0) is 0 Å². The maximum atomic E-state index is 11.1. The molecule has 5 heteroatoms. The minimum Gasteiger partial charge on any atom is -0.478 e. The normalized spacial score (nSPS) is 12.4. The first kappa shape index (κ1) is 11.7. The van der Waals surface area contributed by atoms with Crippen molar-refractivity contribution >= 4 is 23.1 Å². The minimum atomic E-state index is -0.941. The van der Waals surface area contributed by atoms with Crippen molar-refractivity contribution in [3.05, 3.63) is 54.4 Å². The number of benzene rings is 1. The number of aromatic nitrogens is 2. The third-order valence-electron chi connectivity index (χ3n) is 3.53. The van der Waals surface area contributed by atoms with Gasteiger partial charge in [-0.25, -0.2) is 9.78 Å². The summed E-state index contributed by atoms with van der Waals surface area (Å²) < 4.78 is 7.40. The van der Waals surface area contributed by atoms with Gasteiger partial charge in [0.2, 0.25) is 5.88 Å². The number of pyridine rings is 1. The standard InChI is InChI=1S/C16H10N2O3/c19-16(20)11-4-3-10-8-14-12-2-1-5-17-15(12)21-7-6-18(14)13(10)9-11/h1-9H,(H,19,20). The van der Waals surface area contributed by atoms with Crippen LogP contribution in [-0.4, -0.2) is 20.6 Å². The number of fused-ring (bicyclic) bond motifs is 5. The lowest BCUT2D eigenvalue weighted by molar-refractivity contribution is 0.0697. The van der Waals surface area contributed by atoms with Crippen LogP contribution in [0.15, 0.2) is 48.9 Å². The number of hydrogen-bond donors (Lipinski definition) is 1. The Morgan fingerprint density at radius 2 is 2.14 bits per heavy atom. The van der Waals surface area contributed by atoms with Gasteiger partial charge in [-0.2, -0.15) is 0 Å². The minimum absolute atomic E-state index is 0.258. The fourth-order valence-corrected chi connectivity index (χ4v) is 2.56. The summed E-state index contributed by atoms with van der Waals surface area (Å²) in [5.74, 6) is -0.405. The predicted molar refractivity (Wildman–Crippen MR) is 78.1 cm³/mol. The Balaban J connectivity index is 2.06. The Kier molecular flexibility index (Phi) is 2.35. The monoisotopic (exact) mass is 278 g/mol. The van der Waals surface area contributed by atoms with Gasteiger partial charge in [-0.05, 0) is 30.3 Å². The molecule has 3 aromatic rings. The van der Waals surface area contributed by atoms with Crippen molar-refractivity contribution in [1.29, 1.82) is 0 Å². The lowest BCUT2D eigenvalue weighted by Gasteiger charge is -2.04. The summed E-state index contributed by atoms with van der Waals surface area (Å²) in [5, 5.41) is 10.1. The largest absolute Gasteiger partial charge is 0.478 e. The Hall–Kier alpha value is -3.08. The molecule has 0 saturated heterocycles. The topological polar surface area (TPSA) is 64.3 Å². The molecule has 0 fully saturated rings. The maximum Gasteiger partial charge on any atom is 0.335 e. The molecule has 4 rings (SSSR count). The second-order valence-electron chi connectivity index (χ2n) is 4.74. The summed E-state index contributed by atoms with van der Waals surface area (Å²) in [6.45, 7) is 0. The summed E-state index contributed by atoms with van der Waals surface area (Å²) in [6.07, 6.45) is 4.99. The van der Waals surface area contributed by atoms with Crippen LogP contribution in [0.4, 0.5) is 0 Å². The average Bonchev–Trinajstić information content (AvgIpc) is 2.75. The van der Waals surface area contributed by atoms with Gasteiger partial charge in [0.25, 0.3) is 0 Å². The fraction of sp³-hybridized carbons (Fsp3) is 0. The van der Waals surface area contributed by atoms with Crippen LogP contribution in [0.1, 0.15) is 10.4 Å². The number of hydrogen-bond acceptors (Lipinski definition) is 3. The number of carboxylic acid groups (broad SMARTS) is 1. The molecule has 0 radical (unpaired) electrons. The zero-order valence-corrected chi connectivity index (χ0v) is 10.9. The first-order valence-corrected chi connectivity index (χ1v) is 6.41. The summed E-state index contributed by atoms with van der Waals surface area (Å²) in [4.78, 5) is 15.4. The highest BCUT2D eigenvalue weighted by molar-refractivity contribution is 5.96. The Labute approximate surface area is 119 Å². The van der Waals surface area contributed by atoms with Gasteiger partial charge in [-0.3, -0.25) is 0 Å². The van der Waals surface area contributed by atoms with Gasteiger partial charge in [0.05, 0.1) is 22.3 Å². The van der Waals surface area contributed by atoms with Gasteiger partial charge in [0.15, 0.2) is 0 Å². The van der Waals surface area contributed by atoms with Crippen LogP contribution in [0.3, 0.4) is 0 Å². The van der Waals surface area contributed by atoms with Crippen molar-refractivity contribution in [3.63, 3.8) is 0 Å². The average molecular weight is 278 g/mol. The summed E-state index contributed by atoms with van der Waals surface area (Å²) in [5.41, 5.74) is 2.87. The SMILES string of the molecule is O=C(O)c1ccc2cc3n(c2c1)C=COc1ncccc1-3. The number of carbonyl (C=O) groups is 1. The maximum absolute atomic E-state index is 11.1. The van der Waals surface area contributed by atoms with E-state index in [1.54, 1.807) is 30.8 Å². The molecule has 102 valence electrons. The molecule has 21 heavy (non-hydrogen) atoms. The van der Waals surface area contributed by atoms with Crippen molar-refractivity contribution in [2.45, 2.75) is 0 Å². The Bertz CT molecular complexity index is 909. The molecule has 0 unspecified atom stereocenters. The molecule has 5 nitrogen and oxygen atoms in total. The molecule has 3 heterocycles. The third kappa shape index (κ3) is 1.71. The van der Waals surface area contributed by atoms with E-state index in [0.29, 0.717) is 5.88 Å². The van der Waals surface area contributed by atoms with E-state index >= 15 is 0 Å². The van der Waals surface area contributed by atoms with Crippen LogP contribution in [0, 0.1) is 0 Å². The van der Waals surface area contributed by atoms with Crippen molar-refractivity contribution in [3.8, 4) is 17.1 Å². The summed E-state index contributed by atoms with van der Waals surface area (Å²) in [6, 6.07) is 10.9. The van der Waals surface area contributed by atoms with Crippen LogP contribution < -0.4 is 4.74 Å². The van der Waals surface area contributed by atoms with E-state index in [1.807, 2.05) is 28.8 Å². The zero-order valence-electron chi connectivity index (χ0n) is 10.9. The number of aromatic carboxylic acids is 1. The molecule has 0 aliphatic carbocycles. The summed E-state index contributed by atoms with van der Waals surface area (Å²) >= 11 is 0. The second kappa shape index (κ2) is 4.21. The molecule has 2 aromatic heterocycles. The van der Waals surface area contributed by atoms with Gasteiger partial charge in [0, 0.05) is 17.8 Å². The van der Waals surface area contributed by atoms with E-state index in [2.05, 4.69) is 4.98 Å². The molecule has 0 atom stereocenters. The molecule has 0 spiro atoms. The van der Waals surface area contributed by atoms with E-state index in [-0.39, 0.29) is 5.56 Å². The van der Waals surface area contributed by atoms with Crippen LogP contribution in [0.25, 0.3) is 28.4 Å². The van der Waals surface area contributed by atoms with Crippen LogP contribution in [0.5, 0.6) is 5.88 Å². The Morgan fingerprint density at radius 3 is 3.00 bits per heavy atom. The highest BCUT2D eigenvalue weighted by Crippen LogP contribution is 2.35. The first-order chi connectivity index (χ1) is 10.2. The van der Waals surface area contributed by atoms with Crippen molar-refractivity contribution in [1.82, 2.24) is 9.55 Å². The van der Waals surface area contributed by atoms with E-state index < -0.39 is 5.97 Å². The smallest absolute Gasteiger partial charge is 0.335 e. The van der Waals surface area contributed by atoms with Crippen LogP contribution in [0.2, 0.25) is 0 Å². The van der Waals surface area contributed by atoms with E-state index in [0.717, 1.165) is 22.2 Å². The molecule has 0 amide bonds. The molecule has 0 bridgehead atoms. The lowest BCUT2D eigenvalue weighted by Crippen LogP contribution is -1.96. The van der Waals surface area contributed by atoms with Gasteiger partial charge >= 0.3 is 5.97 Å². The molecule has 1 aromatic carbocycles. The van der Waals surface area contributed by atoms with Gasteiger partial charge in [0.1, 0.15) is 6.26 Å². The van der Waals surface area contributed by atoms with Gasteiger partial charge < -0.3 is 14.4 Å². The first-order valence-electron chi connectivity index (χ1n) is 6.41. The van der Waals surface area contributed by atoms with E-state index in [9.17, 15) is 4.79 Å². The number of rotatable bonds is 1. The molecular weight excluding hydrogens is 268 g/mol. The number of ether oxygens (including phenoxy) is 1. The van der Waals surface area contributed by atoms with Crippen molar-refractivity contribution in [2.24, 2.45) is 0 Å². The molecular formula is C16H10N2O3. The second-order valence-corrected chi connectivity index (χ2v) is 4.74. The summed E-state index contributed by atoms with van der Waals surface area (Å²) in [7, 11) is 0. The van der Waals surface area contributed by atoms with E-state index in [4.69, 9.17) is 9.84 Å². The van der Waals surface area contributed by atoms with Crippen molar-refractivity contribution < 1.29 is 14.6 Å². The van der Waals surface area contributed by atoms with Crippen LogP contribution >= 0.6 is 0 Å². The third-order valence-corrected chi connectivity index (χ3v) is 3.53. The quantitative estimate of drug-likeness (QED) is 0.742. The van der Waals surface area contributed by atoms with Gasteiger partial charge in [-0.15, -0.1) is 0 Å². The zero-order chi connectivity index (χ0) is 14.4. The molecule has 1 aliphatic heterocycles. The van der Waals surface area contributed by atoms with Crippen molar-refractivity contribution in [2.75, 3.05) is 0 Å².